The van der Waals surface area contributed by atoms with Gasteiger partial charge in [0.05, 0.1) is 11.8 Å². The Kier molecular flexibility index (Phi) is 5.04. The molecular weight excluding hydrogens is 288 g/mol. The number of carbonyl (C=O) groups excluding carboxylic acids is 1. The molecule has 7 heteroatoms. The van der Waals surface area contributed by atoms with Crippen molar-refractivity contribution in [1.29, 1.82) is 5.26 Å². The minimum absolute atomic E-state index is 0.154. The Labute approximate surface area is 128 Å². The van der Waals surface area contributed by atoms with Crippen LogP contribution >= 0.6 is 11.3 Å². The number of hydrogen-bond donors (Lipinski definition) is 2. The Morgan fingerprint density at radius 1 is 1.67 bits per heavy atom. The molecular formula is C14H20N4O2S. The van der Waals surface area contributed by atoms with Crippen LogP contribution in [0.15, 0.2) is 0 Å². The van der Waals surface area contributed by atoms with Gasteiger partial charge in [0.15, 0.2) is 0 Å². The van der Waals surface area contributed by atoms with E-state index in [1.165, 1.54) is 11.3 Å². The second kappa shape index (κ2) is 6.78. The van der Waals surface area contributed by atoms with Gasteiger partial charge >= 0.3 is 0 Å². The number of thiophene rings is 1. The van der Waals surface area contributed by atoms with E-state index in [4.69, 9.17) is 10.5 Å². The van der Waals surface area contributed by atoms with Gasteiger partial charge in [-0.2, -0.15) is 5.26 Å². The van der Waals surface area contributed by atoms with Crippen molar-refractivity contribution in [3.63, 3.8) is 0 Å². The number of anilines is 2. The number of piperidine rings is 1. The second-order valence-electron chi connectivity index (χ2n) is 4.94. The molecule has 3 N–H and O–H groups in total. The molecule has 0 saturated carbocycles. The number of nitriles is 1. The van der Waals surface area contributed by atoms with Crippen molar-refractivity contribution in [2.45, 2.75) is 25.9 Å². The molecule has 1 saturated heterocycles. The van der Waals surface area contributed by atoms with Crippen LogP contribution in [0, 0.1) is 11.3 Å². The van der Waals surface area contributed by atoms with Crippen LogP contribution in [-0.4, -0.2) is 38.8 Å². The lowest BCUT2D eigenvalue weighted by Gasteiger charge is -2.32. The van der Waals surface area contributed by atoms with Crippen LogP contribution in [0.1, 0.15) is 35.0 Å². The maximum atomic E-state index is 12.0. The zero-order valence-corrected chi connectivity index (χ0v) is 13.1. The van der Waals surface area contributed by atoms with Gasteiger partial charge < -0.3 is 20.7 Å². The molecule has 0 aromatic carbocycles. The highest BCUT2D eigenvalue weighted by Gasteiger charge is 2.27. The third kappa shape index (κ3) is 3.12. The molecule has 1 fully saturated rings. The summed E-state index contributed by atoms with van der Waals surface area (Å²) in [5.74, 6) is -0.219. The van der Waals surface area contributed by atoms with Crippen molar-refractivity contribution in [2.24, 2.45) is 0 Å². The molecule has 0 radical (unpaired) electrons. The number of ether oxygens (including phenoxy) is 1. The highest BCUT2D eigenvalue weighted by Crippen LogP contribution is 2.39. The molecule has 2 heterocycles. The van der Waals surface area contributed by atoms with Crippen LogP contribution in [0.2, 0.25) is 0 Å². The average Bonchev–Trinajstić information content (AvgIpc) is 2.84. The minimum atomic E-state index is -0.219. The quantitative estimate of drug-likeness (QED) is 0.881. The number of nitrogens with two attached hydrogens (primary N) is 1. The van der Waals surface area contributed by atoms with Crippen molar-refractivity contribution in [1.82, 2.24) is 5.32 Å². The summed E-state index contributed by atoms with van der Waals surface area (Å²) in [5, 5.41) is 12.9. The average molecular weight is 308 g/mol. The van der Waals surface area contributed by atoms with E-state index < -0.39 is 0 Å². The number of hydrogen-bond acceptors (Lipinski definition) is 6. The van der Waals surface area contributed by atoms with Crippen LogP contribution in [-0.2, 0) is 4.74 Å². The fourth-order valence-corrected chi connectivity index (χ4v) is 3.61. The molecule has 6 nitrogen and oxygen atoms in total. The van der Waals surface area contributed by atoms with E-state index in [1.807, 2.05) is 6.92 Å². The van der Waals surface area contributed by atoms with Crippen LogP contribution in [0.25, 0.3) is 0 Å². The summed E-state index contributed by atoms with van der Waals surface area (Å²) in [6.45, 7) is 3.95. The standard InChI is InChI=1S/C14H20N4O2S/c1-3-17-13(19)12-11(16)10(7-15)14(21-12)18-6-4-5-9(8-18)20-2/h9H,3-6,8,16H2,1-2H3,(H,17,19). The number of nitrogens with one attached hydrogen (secondary N) is 1. The number of carbonyl (C=O) groups is 1. The van der Waals surface area contributed by atoms with Crippen molar-refractivity contribution < 1.29 is 9.53 Å². The van der Waals surface area contributed by atoms with Gasteiger partial charge in [0, 0.05) is 26.7 Å². The van der Waals surface area contributed by atoms with Gasteiger partial charge in [0.25, 0.3) is 5.91 Å². The normalized spacial score (nSPS) is 18.3. The third-order valence-electron chi connectivity index (χ3n) is 3.58. The molecule has 1 aromatic heterocycles. The number of nitrogen functional groups attached to an aromatic ring is 1. The monoisotopic (exact) mass is 308 g/mol. The molecule has 21 heavy (non-hydrogen) atoms. The zero-order chi connectivity index (χ0) is 15.4. The smallest absolute Gasteiger partial charge is 0.263 e. The molecule has 0 aliphatic carbocycles. The number of methoxy groups -OCH3 is 1. The molecule has 1 aliphatic rings. The first-order valence-corrected chi connectivity index (χ1v) is 7.82. The van der Waals surface area contributed by atoms with E-state index in [0.717, 1.165) is 30.9 Å². The van der Waals surface area contributed by atoms with Crippen molar-refractivity contribution in [3.8, 4) is 6.07 Å². The first-order chi connectivity index (χ1) is 10.1. The second-order valence-corrected chi connectivity index (χ2v) is 5.94. The Balaban J connectivity index is 2.33. The summed E-state index contributed by atoms with van der Waals surface area (Å²) in [6, 6.07) is 2.13. The Morgan fingerprint density at radius 2 is 2.43 bits per heavy atom. The van der Waals surface area contributed by atoms with Gasteiger partial charge in [0.1, 0.15) is 21.5 Å². The summed E-state index contributed by atoms with van der Waals surface area (Å²) in [6.07, 6.45) is 2.16. The number of nitrogens with zero attached hydrogens (tertiary/aromatic N) is 2. The predicted octanol–water partition coefficient (Wildman–Crippen LogP) is 1.57. The topological polar surface area (TPSA) is 91.4 Å². The predicted molar refractivity (Wildman–Crippen MR) is 83.7 cm³/mol. The minimum Gasteiger partial charge on any atom is -0.396 e. The van der Waals surface area contributed by atoms with Crippen molar-refractivity contribution >= 4 is 27.9 Å². The van der Waals surface area contributed by atoms with Crippen LogP contribution in [0.4, 0.5) is 10.7 Å². The maximum absolute atomic E-state index is 12.0. The van der Waals surface area contributed by atoms with Crippen LogP contribution in [0.5, 0.6) is 0 Å². The van der Waals surface area contributed by atoms with Gasteiger partial charge in [-0.25, -0.2) is 0 Å². The van der Waals surface area contributed by atoms with Gasteiger partial charge in [-0.15, -0.1) is 11.3 Å². The summed E-state index contributed by atoms with van der Waals surface area (Å²) < 4.78 is 5.41. The third-order valence-corrected chi connectivity index (χ3v) is 4.85. The molecule has 2 rings (SSSR count). The van der Waals surface area contributed by atoms with Gasteiger partial charge in [0.2, 0.25) is 0 Å². The van der Waals surface area contributed by atoms with Gasteiger partial charge in [-0.1, -0.05) is 0 Å². The summed E-state index contributed by atoms with van der Waals surface area (Å²) in [7, 11) is 1.70. The van der Waals surface area contributed by atoms with E-state index >= 15 is 0 Å². The highest BCUT2D eigenvalue weighted by atomic mass is 32.1. The molecule has 1 atom stereocenters. The molecule has 1 unspecified atom stereocenters. The summed E-state index contributed by atoms with van der Waals surface area (Å²) >= 11 is 1.29. The van der Waals surface area contributed by atoms with Gasteiger partial charge in [-0.3, -0.25) is 4.79 Å². The Morgan fingerprint density at radius 3 is 3.05 bits per heavy atom. The largest absolute Gasteiger partial charge is 0.396 e. The molecule has 114 valence electrons. The van der Waals surface area contributed by atoms with E-state index in [-0.39, 0.29) is 17.7 Å². The lowest BCUT2D eigenvalue weighted by molar-refractivity contribution is 0.0895. The van der Waals surface area contributed by atoms with Crippen molar-refractivity contribution in [2.75, 3.05) is 37.4 Å². The van der Waals surface area contributed by atoms with E-state index in [2.05, 4.69) is 16.3 Å². The zero-order valence-electron chi connectivity index (χ0n) is 12.3. The fraction of sp³-hybridized carbons (Fsp3) is 0.571. The molecule has 0 spiro atoms. The first-order valence-electron chi connectivity index (χ1n) is 7.00. The molecule has 1 aliphatic heterocycles. The molecule has 1 aromatic rings. The highest BCUT2D eigenvalue weighted by molar-refractivity contribution is 7.19. The lowest BCUT2D eigenvalue weighted by atomic mass is 10.1. The van der Waals surface area contributed by atoms with E-state index in [0.29, 0.717) is 17.0 Å². The molecule has 1 amide bonds. The van der Waals surface area contributed by atoms with Crippen LogP contribution in [0.3, 0.4) is 0 Å². The molecule has 0 bridgehead atoms. The van der Waals surface area contributed by atoms with Crippen molar-refractivity contribution in [3.05, 3.63) is 10.4 Å². The lowest BCUT2D eigenvalue weighted by Crippen LogP contribution is -2.39. The maximum Gasteiger partial charge on any atom is 0.263 e. The van der Waals surface area contributed by atoms with E-state index in [9.17, 15) is 10.1 Å². The van der Waals surface area contributed by atoms with E-state index in [1.54, 1.807) is 7.11 Å². The Bertz CT molecular complexity index is 564. The number of amides is 1. The SMILES string of the molecule is CCNC(=O)c1sc(N2CCCC(OC)C2)c(C#N)c1N. The first kappa shape index (κ1) is 15.6. The van der Waals surface area contributed by atoms with Gasteiger partial charge in [-0.05, 0) is 19.8 Å². The summed E-state index contributed by atoms with van der Waals surface area (Å²) in [4.78, 5) is 14.5. The number of rotatable bonds is 4. The summed E-state index contributed by atoms with van der Waals surface area (Å²) in [5.41, 5.74) is 6.67. The fourth-order valence-electron chi connectivity index (χ4n) is 2.49. The Hall–Kier alpha value is -1.78. The van der Waals surface area contributed by atoms with Crippen LogP contribution < -0.4 is 16.0 Å².